The number of fused-ring (bicyclic) bond motifs is 4. The summed E-state index contributed by atoms with van der Waals surface area (Å²) in [4.78, 5) is 21.4. The van der Waals surface area contributed by atoms with E-state index in [1.54, 1.807) is 0 Å². The summed E-state index contributed by atoms with van der Waals surface area (Å²) in [5, 5.41) is 1.10. The topological polar surface area (TPSA) is 42.4 Å². The third-order valence-electron chi connectivity index (χ3n) is 9.21. The summed E-state index contributed by atoms with van der Waals surface area (Å²) in [5.74, 6) is 1.44. The molecular weight excluding hydrogens is 432 g/mol. The van der Waals surface area contributed by atoms with Crippen LogP contribution < -0.4 is 0 Å². The fourth-order valence-electron chi connectivity index (χ4n) is 7.25. The monoisotopic (exact) mass is 468 g/mol. The fourth-order valence-corrected chi connectivity index (χ4v) is 7.25. The minimum absolute atomic E-state index is 0.0400. The molecule has 1 aromatic heterocycles. The predicted octanol–water partition coefficient (Wildman–Crippen LogP) is 6.45. The van der Waals surface area contributed by atoms with Crippen molar-refractivity contribution in [1.82, 2.24) is 9.88 Å². The molecule has 4 heterocycles. The Morgan fingerprint density at radius 3 is 2.60 bits per heavy atom. The van der Waals surface area contributed by atoms with Crippen molar-refractivity contribution < 1.29 is 9.53 Å². The van der Waals surface area contributed by atoms with Gasteiger partial charge in [-0.2, -0.15) is 0 Å². The largest absolute Gasteiger partial charge is 0.455 e. The third kappa shape index (κ3) is 3.96. The van der Waals surface area contributed by atoms with Gasteiger partial charge in [0.1, 0.15) is 6.10 Å². The number of carbonyl (C=O) groups excluding carboxylic acids is 1. The summed E-state index contributed by atoms with van der Waals surface area (Å²) >= 11 is 0. The first-order valence-corrected chi connectivity index (χ1v) is 13.5. The maximum Gasteiger partial charge on any atom is 0.317 e. The molecule has 4 nitrogen and oxygen atoms in total. The molecule has 182 valence electrons. The van der Waals surface area contributed by atoms with Gasteiger partial charge in [-0.05, 0) is 61.8 Å². The Hall–Kier alpha value is -2.72. The van der Waals surface area contributed by atoms with Crippen LogP contribution in [0.5, 0.6) is 0 Å². The van der Waals surface area contributed by atoms with Gasteiger partial charge in [0.05, 0.1) is 17.0 Å². The number of hydrogen-bond donors (Lipinski definition) is 0. The van der Waals surface area contributed by atoms with Gasteiger partial charge in [-0.1, -0.05) is 74.7 Å². The first kappa shape index (κ1) is 22.7. The summed E-state index contributed by atoms with van der Waals surface area (Å²) in [5.41, 5.74) is 2.65. The SMILES string of the molecule is CCC1CN2CCC1CC2C(OC(=O)C1(c2ccccc2)CCCC1)c1ccnc2ccccc12. The van der Waals surface area contributed by atoms with Crippen LogP contribution in [0.15, 0.2) is 66.9 Å². The molecule has 35 heavy (non-hydrogen) atoms. The van der Waals surface area contributed by atoms with Gasteiger partial charge in [-0.15, -0.1) is 0 Å². The van der Waals surface area contributed by atoms with Crippen molar-refractivity contribution in [2.24, 2.45) is 11.8 Å². The molecule has 3 aliphatic heterocycles. The minimum atomic E-state index is -0.530. The summed E-state index contributed by atoms with van der Waals surface area (Å²) in [6.07, 6.45) is 9.08. The van der Waals surface area contributed by atoms with E-state index in [4.69, 9.17) is 4.74 Å². The Kier molecular flexibility index (Phi) is 6.09. The highest BCUT2D eigenvalue weighted by Gasteiger charge is 2.48. The smallest absolute Gasteiger partial charge is 0.317 e. The molecule has 0 radical (unpaired) electrons. The van der Waals surface area contributed by atoms with Crippen LogP contribution in [0.3, 0.4) is 0 Å². The number of benzene rings is 2. The Morgan fingerprint density at radius 1 is 1.09 bits per heavy atom. The molecule has 7 rings (SSSR count). The van der Waals surface area contributed by atoms with Gasteiger partial charge in [0.2, 0.25) is 0 Å². The second-order valence-electron chi connectivity index (χ2n) is 10.9. The van der Waals surface area contributed by atoms with E-state index >= 15 is 0 Å². The van der Waals surface area contributed by atoms with E-state index in [1.807, 2.05) is 30.5 Å². The normalized spacial score (nSPS) is 28.1. The van der Waals surface area contributed by atoms with Crippen LogP contribution in [-0.2, 0) is 14.9 Å². The van der Waals surface area contributed by atoms with Crippen molar-refractivity contribution in [2.75, 3.05) is 13.1 Å². The number of nitrogens with zero attached hydrogens (tertiary/aromatic N) is 2. The molecule has 0 amide bonds. The van der Waals surface area contributed by atoms with E-state index in [9.17, 15) is 4.79 Å². The van der Waals surface area contributed by atoms with E-state index in [2.05, 4.69) is 53.2 Å². The first-order valence-electron chi connectivity index (χ1n) is 13.5. The lowest BCUT2D eigenvalue weighted by Gasteiger charge is -2.52. The van der Waals surface area contributed by atoms with E-state index in [-0.39, 0.29) is 18.1 Å². The van der Waals surface area contributed by atoms with Gasteiger partial charge in [-0.3, -0.25) is 14.7 Å². The van der Waals surface area contributed by atoms with E-state index in [1.165, 1.54) is 12.8 Å². The van der Waals surface area contributed by atoms with Gasteiger partial charge in [0.15, 0.2) is 0 Å². The standard InChI is InChI=1S/C31H36N2O2/c1-2-22-21-33-19-15-23(22)20-28(33)29(26-14-18-32-27-13-7-6-12-25(26)27)35-30(34)31(16-8-9-17-31)24-10-4-3-5-11-24/h3-7,10-14,18,22-23,28-29H,2,8-9,15-17,19-21H2,1H3. The highest BCUT2D eigenvalue weighted by Crippen LogP contribution is 2.47. The van der Waals surface area contributed by atoms with E-state index in [0.29, 0.717) is 0 Å². The molecule has 4 heteroatoms. The third-order valence-corrected chi connectivity index (χ3v) is 9.21. The summed E-state index contributed by atoms with van der Waals surface area (Å²) in [7, 11) is 0. The molecule has 0 N–H and O–H groups in total. The quantitative estimate of drug-likeness (QED) is 0.390. The highest BCUT2D eigenvalue weighted by atomic mass is 16.5. The second-order valence-corrected chi connectivity index (χ2v) is 10.9. The van der Waals surface area contributed by atoms with Crippen LogP contribution in [0, 0.1) is 11.8 Å². The molecule has 0 spiro atoms. The average Bonchev–Trinajstić information content (AvgIpc) is 3.43. The van der Waals surface area contributed by atoms with Crippen LogP contribution >= 0.6 is 0 Å². The molecule has 3 saturated heterocycles. The molecule has 2 aromatic carbocycles. The number of para-hydroxylation sites is 1. The molecule has 5 atom stereocenters. The molecule has 1 aliphatic carbocycles. The van der Waals surface area contributed by atoms with Crippen LogP contribution in [0.4, 0.5) is 0 Å². The minimum Gasteiger partial charge on any atom is -0.455 e. The number of carbonyl (C=O) groups is 1. The van der Waals surface area contributed by atoms with Gasteiger partial charge in [0.25, 0.3) is 0 Å². The second kappa shape index (κ2) is 9.39. The van der Waals surface area contributed by atoms with Crippen molar-refractivity contribution in [3.63, 3.8) is 0 Å². The number of piperidine rings is 3. The highest BCUT2D eigenvalue weighted by molar-refractivity contribution is 5.86. The molecule has 4 aliphatic rings. The van der Waals surface area contributed by atoms with Crippen molar-refractivity contribution >= 4 is 16.9 Å². The number of pyridine rings is 1. The number of aromatic nitrogens is 1. The van der Waals surface area contributed by atoms with Crippen LogP contribution in [-0.4, -0.2) is 35.0 Å². The zero-order chi connectivity index (χ0) is 23.8. The fraction of sp³-hybridized carbons (Fsp3) is 0.484. The van der Waals surface area contributed by atoms with Crippen molar-refractivity contribution in [2.45, 2.75) is 69.4 Å². The van der Waals surface area contributed by atoms with Crippen LogP contribution in [0.25, 0.3) is 10.9 Å². The Bertz CT molecular complexity index is 1180. The van der Waals surface area contributed by atoms with E-state index in [0.717, 1.165) is 79.1 Å². The summed E-state index contributed by atoms with van der Waals surface area (Å²) in [6.45, 7) is 4.54. The zero-order valence-electron chi connectivity index (χ0n) is 20.7. The maximum absolute atomic E-state index is 14.2. The van der Waals surface area contributed by atoms with Crippen molar-refractivity contribution in [3.05, 3.63) is 78.0 Å². The lowest BCUT2D eigenvalue weighted by molar-refractivity contribution is -0.165. The Labute approximate surface area is 208 Å². The number of hydrogen-bond acceptors (Lipinski definition) is 4. The summed E-state index contributed by atoms with van der Waals surface area (Å²) < 4.78 is 6.74. The lowest BCUT2D eigenvalue weighted by atomic mass is 9.72. The van der Waals surface area contributed by atoms with Crippen molar-refractivity contribution in [3.8, 4) is 0 Å². The molecule has 3 aromatic rings. The van der Waals surface area contributed by atoms with Gasteiger partial charge < -0.3 is 4.74 Å². The summed E-state index contributed by atoms with van der Waals surface area (Å²) in [6, 6.07) is 20.9. The molecule has 2 bridgehead atoms. The Morgan fingerprint density at radius 2 is 1.86 bits per heavy atom. The lowest BCUT2D eigenvalue weighted by Crippen LogP contribution is -2.56. The first-order chi connectivity index (χ1) is 17.2. The van der Waals surface area contributed by atoms with E-state index < -0.39 is 5.41 Å². The van der Waals surface area contributed by atoms with Gasteiger partial charge in [0, 0.05) is 23.7 Å². The molecule has 1 saturated carbocycles. The van der Waals surface area contributed by atoms with Gasteiger partial charge >= 0.3 is 5.97 Å². The van der Waals surface area contributed by atoms with Crippen molar-refractivity contribution in [1.29, 1.82) is 0 Å². The number of rotatable bonds is 6. The molecule has 5 unspecified atom stereocenters. The maximum atomic E-state index is 14.2. The van der Waals surface area contributed by atoms with Crippen LogP contribution in [0.2, 0.25) is 0 Å². The van der Waals surface area contributed by atoms with Crippen LogP contribution in [0.1, 0.15) is 69.1 Å². The molecular formula is C31H36N2O2. The average molecular weight is 469 g/mol. The predicted molar refractivity (Wildman–Crippen MR) is 139 cm³/mol. The zero-order valence-corrected chi connectivity index (χ0v) is 20.7. The Balaban J connectivity index is 1.40. The molecule has 4 fully saturated rings. The number of esters is 1. The van der Waals surface area contributed by atoms with Gasteiger partial charge in [-0.25, -0.2) is 0 Å². The number of ether oxygens (including phenoxy) is 1.